The van der Waals surface area contributed by atoms with Crippen molar-refractivity contribution in [1.82, 2.24) is 9.88 Å². The van der Waals surface area contributed by atoms with Crippen LogP contribution >= 0.6 is 0 Å². The number of aromatic amines is 1. The van der Waals surface area contributed by atoms with E-state index in [4.69, 9.17) is 4.74 Å². The van der Waals surface area contributed by atoms with Crippen molar-refractivity contribution in [1.29, 1.82) is 0 Å². The molecule has 5 rings (SSSR count). The highest BCUT2D eigenvalue weighted by Crippen LogP contribution is 2.34. The minimum Gasteiger partial charge on any atom is -0.497 e. The zero-order valence-electron chi connectivity index (χ0n) is 16.6. The molecule has 2 aromatic carbocycles. The van der Waals surface area contributed by atoms with Crippen LogP contribution in [0, 0.1) is 5.92 Å². The molecule has 2 heterocycles. The van der Waals surface area contributed by atoms with E-state index < -0.39 is 0 Å². The first-order valence-corrected chi connectivity index (χ1v) is 10.4. The van der Waals surface area contributed by atoms with Crippen LogP contribution in [-0.2, 0) is 12.8 Å². The average Bonchev–Trinajstić information content (AvgIpc) is 3.12. The summed E-state index contributed by atoms with van der Waals surface area (Å²) in [4.78, 5) is 6.27. The summed E-state index contributed by atoms with van der Waals surface area (Å²) in [6, 6.07) is 17.3. The number of hydrogen-bond donors (Lipinski definition) is 1. The number of aromatic nitrogens is 1. The van der Waals surface area contributed by atoms with Crippen LogP contribution in [0.5, 0.6) is 5.75 Å². The second-order valence-electron chi connectivity index (χ2n) is 8.21. The van der Waals surface area contributed by atoms with Gasteiger partial charge in [0.05, 0.1) is 7.11 Å². The Morgan fingerprint density at radius 3 is 2.79 bits per heavy atom. The SMILES string of the molecule is COc1ccc2c3c([nH]c2c1)CCC(CN1CC=C(c2ccccc2)CC1)C3. The molecule has 0 spiro atoms. The minimum absolute atomic E-state index is 0.750. The third-order valence-corrected chi connectivity index (χ3v) is 6.45. The summed E-state index contributed by atoms with van der Waals surface area (Å²) >= 11 is 0. The quantitative estimate of drug-likeness (QED) is 0.692. The largest absolute Gasteiger partial charge is 0.497 e. The number of benzene rings is 2. The lowest BCUT2D eigenvalue weighted by Gasteiger charge is -2.32. The molecule has 0 saturated heterocycles. The van der Waals surface area contributed by atoms with Gasteiger partial charge in [0.15, 0.2) is 0 Å². The summed E-state index contributed by atoms with van der Waals surface area (Å²) in [7, 11) is 1.73. The summed E-state index contributed by atoms with van der Waals surface area (Å²) in [5.41, 5.74) is 7.08. The molecule has 1 N–H and O–H groups in total. The van der Waals surface area contributed by atoms with Gasteiger partial charge in [-0.1, -0.05) is 36.4 Å². The lowest BCUT2D eigenvalue weighted by atomic mass is 9.85. The molecule has 3 heteroatoms. The zero-order chi connectivity index (χ0) is 18.9. The van der Waals surface area contributed by atoms with E-state index in [-0.39, 0.29) is 0 Å². The van der Waals surface area contributed by atoms with Crippen molar-refractivity contribution in [3.05, 3.63) is 71.4 Å². The van der Waals surface area contributed by atoms with Crippen molar-refractivity contribution < 1.29 is 4.74 Å². The highest BCUT2D eigenvalue weighted by Gasteiger charge is 2.25. The van der Waals surface area contributed by atoms with Crippen molar-refractivity contribution in [2.75, 3.05) is 26.7 Å². The molecular formula is C25H28N2O. The number of nitrogens with one attached hydrogen (secondary N) is 1. The normalized spacial score (nSPS) is 20.0. The summed E-state index contributed by atoms with van der Waals surface area (Å²) < 4.78 is 5.38. The Hall–Kier alpha value is -2.52. The van der Waals surface area contributed by atoms with Crippen LogP contribution in [0.15, 0.2) is 54.6 Å². The number of methoxy groups -OCH3 is 1. The first-order chi connectivity index (χ1) is 13.8. The third-order valence-electron chi connectivity index (χ3n) is 6.45. The smallest absolute Gasteiger partial charge is 0.120 e. The van der Waals surface area contributed by atoms with E-state index in [0.717, 1.165) is 31.1 Å². The maximum absolute atomic E-state index is 5.38. The molecule has 0 fully saturated rings. The first kappa shape index (κ1) is 17.6. The van der Waals surface area contributed by atoms with Crippen LogP contribution in [0.2, 0.25) is 0 Å². The fourth-order valence-corrected chi connectivity index (χ4v) is 4.92. The number of aryl methyl sites for hydroxylation is 1. The van der Waals surface area contributed by atoms with Crippen molar-refractivity contribution >= 4 is 16.5 Å². The molecule has 0 radical (unpaired) electrons. The van der Waals surface area contributed by atoms with Crippen molar-refractivity contribution in [3.8, 4) is 5.75 Å². The molecule has 1 aliphatic carbocycles. The van der Waals surface area contributed by atoms with Crippen LogP contribution in [-0.4, -0.2) is 36.6 Å². The lowest BCUT2D eigenvalue weighted by Crippen LogP contribution is -2.35. The number of fused-ring (bicyclic) bond motifs is 3. The number of ether oxygens (including phenoxy) is 1. The topological polar surface area (TPSA) is 28.3 Å². The van der Waals surface area contributed by atoms with Crippen LogP contribution in [0.3, 0.4) is 0 Å². The van der Waals surface area contributed by atoms with Gasteiger partial charge >= 0.3 is 0 Å². The summed E-state index contributed by atoms with van der Waals surface area (Å²) in [5.74, 6) is 1.68. The fourth-order valence-electron chi connectivity index (χ4n) is 4.92. The monoisotopic (exact) mass is 372 g/mol. The van der Waals surface area contributed by atoms with E-state index in [1.807, 2.05) is 0 Å². The minimum atomic E-state index is 0.750. The summed E-state index contributed by atoms with van der Waals surface area (Å²) in [6.45, 7) is 3.47. The van der Waals surface area contributed by atoms with Gasteiger partial charge in [-0.2, -0.15) is 0 Å². The van der Waals surface area contributed by atoms with Crippen LogP contribution in [0.4, 0.5) is 0 Å². The van der Waals surface area contributed by atoms with Gasteiger partial charge in [-0.05, 0) is 60.4 Å². The Morgan fingerprint density at radius 1 is 1.11 bits per heavy atom. The van der Waals surface area contributed by atoms with E-state index in [2.05, 4.69) is 64.5 Å². The highest BCUT2D eigenvalue weighted by molar-refractivity contribution is 5.86. The van der Waals surface area contributed by atoms with Gasteiger partial charge in [-0.25, -0.2) is 0 Å². The van der Waals surface area contributed by atoms with Gasteiger partial charge in [-0.15, -0.1) is 0 Å². The molecule has 1 atom stereocenters. The van der Waals surface area contributed by atoms with E-state index in [1.165, 1.54) is 59.2 Å². The maximum Gasteiger partial charge on any atom is 0.120 e. The van der Waals surface area contributed by atoms with E-state index in [1.54, 1.807) is 7.11 Å². The Balaban J connectivity index is 1.27. The molecule has 0 bridgehead atoms. The highest BCUT2D eigenvalue weighted by atomic mass is 16.5. The molecule has 1 aromatic heterocycles. The second-order valence-corrected chi connectivity index (χ2v) is 8.21. The number of nitrogens with zero attached hydrogens (tertiary/aromatic N) is 1. The van der Waals surface area contributed by atoms with Gasteiger partial charge in [0.2, 0.25) is 0 Å². The molecule has 28 heavy (non-hydrogen) atoms. The third kappa shape index (κ3) is 3.35. The zero-order valence-corrected chi connectivity index (χ0v) is 16.6. The molecule has 2 aliphatic rings. The van der Waals surface area contributed by atoms with Gasteiger partial charge in [0.1, 0.15) is 5.75 Å². The van der Waals surface area contributed by atoms with Gasteiger partial charge in [0, 0.05) is 42.3 Å². The molecule has 3 aromatic rings. The molecule has 0 saturated carbocycles. The fraction of sp³-hybridized carbons (Fsp3) is 0.360. The Kier molecular flexibility index (Phi) is 4.69. The van der Waals surface area contributed by atoms with E-state index in [0.29, 0.717) is 0 Å². The predicted octanol–water partition coefficient (Wildman–Crippen LogP) is 5.07. The number of hydrogen-bond acceptors (Lipinski definition) is 2. The van der Waals surface area contributed by atoms with Crippen molar-refractivity contribution in [2.24, 2.45) is 5.92 Å². The Labute approximate surface area is 167 Å². The summed E-state index contributed by atoms with van der Waals surface area (Å²) in [5, 5.41) is 1.38. The van der Waals surface area contributed by atoms with Crippen LogP contribution in [0.1, 0.15) is 29.7 Å². The van der Waals surface area contributed by atoms with Crippen LogP contribution < -0.4 is 4.74 Å². The molecule has 3 nitrogen and oxygen atoms in total. The standard InChI is InChI=1S/C25H28N2O/c1-28-21-8-9-22-23-15-18(7-10-24(23)26-25(22)16-21)17-27-13-11-20(12-14-27)19-5-3-2-4-6-19/h2-6,8-9,11,16,18,26H,7,10,12-15,17H2,1H3. The molecule has 1 unspecified atom stereocenters. The molecule has 144 valence electrons. The van der Waals surface area contributed by atoms with E-state index >= 15 is 0 Å². The second kappa shape index (κ2) is 7.48. The molecule has 1 aliphatic heterocycles. The Morgan fingerprint density at radius 2 is 2.00 bits per heavy atom. The number of H-pyrrole nitrogens is 1. The molecular weight excluding hydrogens is 344 g/mol. The average molecular weight is 373 g/mol. The predicted molar refractivity (Wildman–Crippen MR) is 116 cm³/mol. The van der Waals surface area contributed by atoms with E-state index in [9.17, 15) is 0 Å². The van der Waals surface area contributed by atoms with Gasteiger partial charge in [0.25, 0.3) is 0 Å². The van der Waals surface area contributed by atoms with Gasteiger partial charge in [-0.3, -0.25) is 4.90 Å². The Bertz CT molecular complexity index is 1000. The van der Waals surface area contributed by atoms with Crippen molar-refractivity contribution in [2.45, 2.75) is 25.7 Å². The maximum atomic E-state index is 5.38. The van der Waals surface area contributed by atoms with Crippen molar-refractivity contribution in [3.63, 3.8) is 0 Å². The first-order valence-electron chi connectivity index (χ1n) is 10.4. The summed E-state index contributed by atoms with van der Waals surface area (Å²) in [6.07, 6.45) is 7.23. The lowest BCUT2D eigenvalue weighted by molar-refractivity contribution is 0.238. The number of rotatable bonds is 4. The van der Waals surface area contributed by atoms with Crippen LogP contribution in [0.25, 0.3) is 16.5 Å². The molecule has 0 amide bonds. The van der Waals surface area contributed by atoms with Gasteiger partial charge < -0.3 is 9.72 Å².